The van der Waals surface area contributed by atoms with Crippen molar-refractivity contribution in [2.45, 2.75) is 6.92 Å². The van der Waals surface area contributed by atoms with Crippen molar-refractivity contribution < 1.29 is 4.42 Å². The summed E-state index contributed by atoms with van der Waals surface area (Å²) in [4.78, 5) is 11.1. The fraction of sp³-hybridized carbons (Fsp3) is 0.0189. The monoisotopic (exact) mass is 740 g/mol. The van der Waals surface area contributed by atoms with Gasteiger partial charge in [-0.1, -0.05) is 121 Å². The van der Waals surface area contributed by atoms with E-state index in [0.29, 0.717) is 0 Å². The van der Waals surface area contributed by atoms with E-state index in [1.165, 1.54) is 48.7 Å². The van der Waals surface area contributed by atoms with Crippen molar-refractivity contribution in [1.29, 1.82) is 0 Å². The molecule has 4 aromatic heterocycles. The van der Waals surface area contributed by atoms with Gasteiger partial charge in [0.1, 0.15) is 16.9 Å². The number of aryl methyl sites for hydroxylation is 1. The number of benzene rings is 9. The van der Waals surface area contributed by atoms with Gasteiger partial charge in [0.25, 0.3) is 0 Å². The van der Waals surface area contributed by atoms with Gasteiger partial charge in [-0.05, 0) is 88.6 Å². The SMILES string of the molecule is Cc1ccc(-c2nc3ccccc3nc2-n2c3cc(-n4c5ccccc5c5cc6ccccc6cc54)ccc3c3c4ccccc4ccc32)c2c1oc1ccccc12. The number of hydrogen-bond acceptors (Lipinski definition) is 3. The predicted octanol–water partition coefficient (Wildman–Crippen LogP) is 14.0. The third-order valence-corrected chi connectivity index (χ3v) is 12.2. The lowest BCUT2D eigenvalue weighted by atomic mass is 10.0. The van der Waals surface area contributed by atoms with Gasteiger partial charge in [-0.3, -0.25) is 4.57 Å². The zero-order valence-corrected chi connectivity index (χ0v) is 31.4. The standard InChI is InChI=1S/C53H32N4O/c1-31-22-25-40(50-39-17-7-11-21-48(39)58-52(31)50)51-53(55-43-19-9-8-18-42(43)54-51)57-45-27-23-32-12-4-5-15-36(32)49(45)38-26-24-35(30-47(38)57)56-44-20-10-6-16-37(44)41-28-33-13-2-3-14-34(33)29-46(41)56/h2-30H,1H3. The molecule has 0 aliphatic carbocycles. The van der Waals surface area contributed by atoms with Crippen molar-refractivity contribution >= 4 is 98.1 Å². The average Bonchev–Trinajstić information content (AvgIpc) is 3.93. The molecule has 0 aliphatic rings. The van der Waals surface area contributed by atoms with Crippen LogP contribution < -0.4 is 0 Å². The topological polar surface area (TPSA) is 48.8 Å². The summed E-state index contributed by atoms with van der Waals surface area (Å²) >= 11 is 0. The average molecular weight is 741 g/mol. The van der Waals surface area contributed by atoms with Gasteiger partial charge in [-0.15, -0.1) is 0 Å². The zero-order chi connectivity index (χ0) is 38.1. The Hall–Kier alpha value is -7.76. The fourth-order valence-electron chi connectivity index (χ4n) is 9.56. The third kappa shape index (κ3) is 4.30. The quantitative estimate of drug-likeness (QED) is 0.181. The molecule has 0 spiro atoms. The molecule has 0 amide bonds. The third-order valence-electron chi connectivity index (χ3n) is 12.2. The minimum absolute atomic E-state index is 0.773. The molecule has 5 nitrogen and oxygen atoms in total. The van der Waals surface area contributed by atoms with E-state index in [2.05, 4.69) is 168 Å². The number of aromatic nitrogens is 4. The van der Waals surface area contributed by atoms with Gasteiger partial charge < -0.3 is 8.98 Å². The van der Waals surface area contributed by atoms with E-state index in [1.807, 2.05) is 24.3 Å². The lowest BCUT2D eigenvalue weighted by molar-refractivity contribution is 0.666. The van der Waals surface area contributed by atoms with E-state index >= 15 is 0 Å². The minimum atomic E-state index is 0.773. The molecule has 13 rings (SSSR count). The predicted molar refractivity (Wildman–Crippen MR) is 241 cm³/mol. The van der Waals surface area contributed by atoms with E-state index < -0.39 is 0 Å². The van der Waals surface area contributed by atoms with Crippen LogP contribution in [0.25, 0.3) is 121 Å². The highest BCUT2D eigenvalue weighted by Crippen LogP contribution is 2.44. The molecule has 0 saturated carbocycles. The van der Waals surface area contributed by atoms with Crippen LogP contribution >= 0.6 is 0 Å². The first kappa shape index (κ1) is 31.4. The van der Waals surface area contributed by atoms with Crippen molar-refractivity contribution in [3.05, 3.63) is 181 Å². The highest BCUT2D eigenvalue weighted by Gasteiger charge is 2.24. The van der Waals surface area contributed by atoms with E-state index in [4.69, 9.17) is 14.4 Å². The van der Waals surface area contributed by atoms with Crippen molar-refractivity contribution in [1.82, 2.24) is 19.1 Å². The number of para-hydroxylation sites is 4. The molecule has 0 unspecified atom stereocenters. The molecule has 0 atom stereocenters. The molecule has 58 heavy (non-hydrogen) atoms. The Morgan fingerprint density at radius 1 is 0.431 bits per heavy atom. The molecule has 0 bridgehead atoms. The molecule has 0 saturated heterocycles. The number of nitrogens with zero attached hydrogens (tertiary/aromatic N) is 4. The van der Waals surface area contributed by atoms with Gasteiger partial charge in [0.2, 0.25) is 0 Å². The van der Waals surface area contributed by atoms with Crippen molar-refractivity contribution in [2.24, 2.45) is 0 Å². The van der Waals surface area contributed by atoms with Crippen LogP contribution in [0.5, 0.6) is 0 Å². The normalized spacial score (nSPS) is 12.2. The van der Waals surface area contributed by atoms with Crippen molar-refractivity contribution in [2.75, 3.05) is 0 Å². The molecule has 9 aromatic carbocycles. The first-order valence-corrected chi connectivity index (χ1v) is 19.7. The smallest absolute Gasteiger partial charge is 0.165 e. The highest BCUT2D eigenvalue weighted by molar-refractivity contribution is 6.22. The largest absolute Gasteiger partial charge is 0.456 e. The molecular formula is C53H32N4O. The second-order valence-electron chi connectivity index (χ2n) is 15.4. The van der Waals surface area contributed by atoms with Gasteiger partial charge in [0.05, 0.1) is 33.1 Å². The van der Waals surface area contributed by atoms with E-state index in [0.717, 1.165) is 77.7 Å². The van der Waals surface area contributed by atoms with Gasteiger partial charge in [-0.2, -0.15) is 0 Å². The van der Waals surface area contributed by atoms with Crippen LogP contribution in [-0.4, -0.2) is 19.1 Å². The van der Waals surface area contributed by atoms with Gasteiger partial charge >= 0.3 is 0 Å². The maximum absolute atomic E-state index is 6.55. The molecule has 4 heterocycles. The molecule has 0 N–H and O–H groups in total. The Morgan fingerprint density at radius 2 is 1.12 bits per heavy atom. The van der Waals surface area contributed by atoms with Gasteiger partial charge in [0, 0.05) is 43.6 Å². The van der Waals surface area contributed by atoms with Crippen LogP contribution in [0.2, 0.25) is 0 Å². The maximum atomic E-state index is 6.55. The van der Waals surface area contributed by atoms with E-state index in [-0.39, 0.29) is 0 Å². The summed E-state index contributed by atoms with van der Waals surface area (Å²) in [6.45, 7) is 2.11. The number of furan rings is 1. The lowest BCUT2D eigenvalue weighted by Gasteiger charge is -2.15. The summed E-state index contributed by atoms with van der Waals surface area (Å²) in [6.07, 6.45) is 0. The summed E-state index contributed by atoms with van der Waals surface area (Å²) in [5.74, 6) is 0.773. The fourth-order valence-corrected chi connectivity index (χ4v) is 9.56. The van der Waals surface area contributed by atoms with E-state index in [9.17, 15) is 0 Å². The number of fused-ring (bicyclic) bond motifs is 13. The first-order valence-electron chi connectivity index (χ1n) is 19.7. The molecule has 5 heteroatoms. The summed E-state index contributed by atoms with van der Waals surface area (Å²) in [5.41, 5.74) is 11.8. The minimum Gasteiger partial charge on any atom is -0.456 e. The van der Waals surface area contributed by atoms with Gasteiger partial charge in [-0.25, -0.2) is 9.97 Å². The Labute approximate surface area is 331 Å². The van der Waals surface area contributed by atoms with Crippen LogP contribution in [0, 0.1) is 6.92 Å². The van der Waals surface area contributed by atoms with Crippen LogP contribution in [0.15, 0.2) is 180 Å². The Bertz CT molecular complexity index is 3880. The molecule has 13 aromatic rings. The van der Waals surface area contributed by atoms with E-state index in [1.54, 1.807) is 0 Å². The second kappa shape index (κ2) is 11.6. The van der Waals surface area contributed by atoms with Crippen molar-refractivity contribution in [3.8, 4) is 22.8 Å². The highest BCUT2D eigenvalue weighted by atomic mass is 16.3. The number of rotatable bonds is 3. The molecule has 270 valence electrons. The van der Waals surface area contributed by atoms with Crippen LogP contribution in [-0.2, 0) is 0 Å². The molecular weight excluding hydrogens is 709 g/mol. The summed E-state index contributed by atoms with van der Waals surface area (Å²) < 4.78 is 11.3. The Balaban J connectivity index is 1.19. The Kier molecular flexibility index (Phi) is 6.31. The summed E-state index contributed by atoms with van der Waals surface area (Å²) in [7, 11) is 0. The lowest BCUT2D eigenvalue weighted by Crippen LogP contribution is -2.04. The molecule has 0 aliphatic heterocycles. The van der Waals surface area contributed by atoms with Crippen LogP contribution in [0.4, 0.5) is 0 Å². The summed E-state index contributed by atoms with van der Waals surface area (Å²) in [5, 5.41) is 11.8. The van der Waals surface area contributed by atoms with Crippen LogP contribution in [0.1, 0.15) is 5.56 Å². The second-order valence-corrected chi connectivity index (χ2v) is 15.4. The maximum Gasteiger partial charge on any atom is 0.165 e. The Morgan fingerprint density at radius 3 is 1.98 bits per heavy atom. The van der Waals surface area contributed by atoms with Crippen LogP contribution in [0.3, 0.4) is 0 Å². The number of hydrogen-bond donors (Lipinski definition) is 0. The van der Waals surface area contributed by atoms with Crippen molar-refractivity contribution in [3.63, 3.8) is 0 Å². The first-order chi connectivity index (χ1) is 28.7. The summed E-state index contributed by atoms with van der Waals surface area (Å²) in [6, 6.07) is 63.0. The molecule has 0 radical (unpaired) electrons. The van der Waals surface area contributed by atoms with Gasteiger partial charge in [0.15, 0.2) is 5.82 Å². The molecule has 0 fully saturated rings. The zero-order valence-electron chi connectivity index (χ0n) is 31.4.